The average molecular weight is 274 g/mol. The van der Waals surface area contributed by atoms with Gasteiger partial charge in [-0.05, 0) is 37.8 Å². The number of nitrogens with one attached hydrogen (secondary N) is 1. The lowest BCUT2D eigenvalue weighted by Crippen LogP contribution is -2.44. The highest BCUT2D eigenvalue weighted by molar-refractivity contribution is 5.81. The molecule has 3 rings (SSSR count). The Morgan fingerprint density at radius 1 is 1.35 bits per heavy atom. The van der Waals surface area contributed by atoms with Crippen molar-refractivity contribution >= 4 is 5.91 Å². The number of ether oxygens (including phenoxy) is 1. The van der Waals surface area contributed by atoms with Crippen LogP contribution in [0.2, 0.25) is 0 Å². The monoisotopic (exact) mass is 274 g/mol. The number of benzene rings is 1. The number of rotatable bonds is 2. The van der Waals surface area contributed by atoms with Crippen molar-refractivity contribution in [3.63, 3.8) is 0 Å². The van der Waals surface area contributed by atoms with Crippen LogP contribution in [0.1, 0.15) is 35.7 Å². The Labute approximate surface area is 120 Å². The van der Waals surface area contributed by atoms with Gasteiger partial charge in [0.25, 0.3) is 0 Å². The summed E-state index contributed by atoms with van der Waals surface area (Å²) in [5, 5.41) is 3.35. The van der Waals surface area contributed by atoms with Gasteiger partial charge in [-0.2, -0.15) is 0 Å². The number of hydrogen-bond donors (Lipinski definition) is 1. The zero-order valence-corrected chi connectivity index (χ0v) is 12.2. The predicted molar refractivity (Wildman–Crippen MR) is 77.3 cm³/mol. The fourth-order valence-corrected chi connectivity index (χ4v) is 3.27. The zero-order chi connectivity index (χ0) is 14.1. The molecule has 0 aromatic heterocycles. The molecule has 2 aliphatic rings. The second-order valence-electron chi connectivity index (χ2n) is 5.82. The largest absolute Gasteiger partial charge is 0.379 e. The van der Waals surface area contributed by atoms with Crippen LogP contribution in [0.4, 0.5) is 0 Å². The van der Waals surface area contributed by atoms with Crippen molar-refractivity contribution in [3.8, 4) is 0 Å². The van der Waals surface area contributed by atoms with E-state index in [1.54, 1.807) is 0 Å². The van der Waals surface area contributed by atoms with Crippen molar-refractivity contribution in [2.45, 2.75) is 38.9 Å². The molecule has 108 valence electrons. The lowest BCUT2D eigenvalue weighted by Gasteiger charge is -2.35. The van der Waals surface area contributed by atoms with E-state index in [0.717, 1.165) is 19.4 Å². The van der Waals surface area contributed by atoms with Gasteiger partial charge in [-0.1, -0.05) is 23.8 Å². The quantitative estimate of drug-likeness (QED) is 0.896. The van der Waals surface area contributed by atoms with Crippen molar-refractivity contribution < 1.29 is 9.53 Å². The third-order valence-corrected chi connectivity index (χ3v) is 4.26. The molecule has 20 heavy (non-hydrogen) atoms. The van der Waals surface area contributed by atoms with Gasteiger partial charge in [0.1, 0.15) is 6.17 Å². The van der Waals surface area contributed by atoms with E-state index in [1.165, 1.54) is 16.7 Å². The molecule has 1 aromatic carbocycles. The summed E-state index contributed by atoms with van der Waals surface area (Å²) in [6, 6.07) is 6.63. The summed E-state index contributed by atoms with van der Waals surface area (Å²) < 4.78 is 5.55. The molecule has 0 radical (unpaired) electrons. The van der Waals surface area contributed by atoms with Crippen LogP contribution in [0.3, 0.4) is 0 Å². The molecule has 2 heterocycles. The Morgan fingerprint density at radius 3 is 2.90 bits per heavy atom. The van der Waals surface area contributed by atoms with E-state index in [9.17, 15) is 4.79 Å². The van der Waals surface area contributed by atoms with Crippen LogP contribution < -0.4 is 5.32 Å². The Bertz CT molecular complexity index is 509. The average Bonchev–Trinajstić information content (AvgIpc) is 2.81. The molecule has 0 bridgehead atoms. The predicted octanol–water partition coefficient (Wildman–Crippen LogP) is 1.91. The fourth-order valence-electron chi connectivity index (χ4n) is 3.27. The summed E-state index contributed by atoms with van der Waals surface area (Å²) in [7, 11) is 0. The Kier molecular flexibility index (Phi) is 3.76. The summed E-state index contributed by atoms with van der Waals surface area (Å²) in [6.45, 7) is 6.11. The van der Waals surface area contributed by atoms with E-state index < -0.39 is 0 Å². The van der Waals surface area contributed by atoms with Gasteiger partial charge in [0, 0.05) is 6.61 Å². The molecule has 2 fully saturated rings. The second-order valence-corrected chi connectivity index (χ2v) is 5.82. The minimum absolute atomic E-state index is 0.00481. The smallest absolute Gasteiger partial charge is 0.238 e. The first kappa shape index (κ1) is 13.6. The van der Waals surface area contributed by atoms with Gasteiger partial charge >= 0.3 is 0 Å². The van der Waals surface area contributed by atoms with E-state index in [2.05, 4.69) is 37.4 Å². The van der Waals surface area contributed by atoms with Crippen molar-refractivity contribution in [1.82, 2.24) is 10.2 Å². The molecular weight excluding hydrogens is 252 g/mol. The molecule has 1 amide bonds. The third-order valence-electron chi connectivity index (χ3n) is 4.26. The molecule has 0 aliphatic carbocycles. The molecule has 4 heteroatoms. The van der Waals surface area contributed by atoms with Gasteiger partial charge < -0.3 is 9.64 Å². The van der Waals surface area contributed by atoms with Gasteiger partial charge in [0.2, 0.25) is 5.91 Å². The summed E-state index contributed by atoms with van der Waals surface area (Å²) in [5.74, 6) is 0.186. The minimum Gasteiger partial charge on any atom is -0.379 e. The Morgan fingerprint density at radius 2 is 2.20 bits per heavy atom. The van der Waals surface area contributed by atoms with Crippen LogP contribution in [0.15, 0.2) is 18.2 Å². The lowest BCUT2D eigenvalue weighted by atomic mass is 10.0. The molecule has 1 N–H and O–H groups in total. The molecular formula is C16H22N2O2. The highest BCUT2D eigenvalue weighted by atomic mass is 16.5. The van der Waals surface area contributed by atoms with Gasteiger partial charge in [0.15, 0.2) is 0 Å². The lowest BCUT2D eigenvalue weighted by molar-refractivity contribution is -0.133. The van der Waals surface area contributed by atoms with Gasteiger partial charge in [-0.3, -0.25) is 10.1 Å². The summed E-state index contributed by atoms with van der Waals surface area (Å²) in [6.07, 6.45) is 2.07. The first-order chi connectivity index (χ1) is 9.66. The van der Waals surface area contributed by atoms with Crippen molar-refractivity contribution in [3.05, 3.63) is 34.9 Å². The standard InChI is InChI=1S/C16H22N2O2/c1-11-5-6-14(12(2)8-11)16-17-9-15(19)18(16)13-4-3-7-20-10-13/h5-6,8,13,16-17H,3-4,7,9-10H2,1-2H3. The van der Waals surface area contributed by atoms with E-state index in [1.807, 2.05) is 4.90 Å². The van der Waals surface area contributed by atoms with Crippen LogP contribution in [-0.2, 0) is 9.53 Å². The van der Waals surface area contributed by atoms with Gasteiger partial charge in [0.05, 0.1) is 19.2 Å². The SMILES string of the molecule is Cc1ccc(C2NCC(=O)N2C2CCCOC2)c(C)c1. The maximum atomic E-state index is 12.2. The maximum absolute atomic E-state index is 12.2. The highest BCUT2D eigenvalue weighted by Gasteiger charge is 2.37. The van der Waals surface area contributed by atoms with Crippen molar-refractivity contribution in [2.75, 3.05) is 19.8 Å². The first-order valence-corrected chi connectivity index (χ1v) is 7.36. The van der Waals surface area contributed by atoms with Crippen LogP contribution in [0, 0.1) is 13.8 Å². The number of amides is 1. The number of carbonyl (C=O) groups excluding carboxylic acids is 1. The highest BCUT2D eigenvalue weighted by Crippen LogP contribution is 2.30. The fraction of sp³-hybridized carbons (Fsp3) is 0.562. The van der Waals surface area contributed by atoms with Crippen molar-refractivity contribution in [2.24, 2.45) is 0 Å². The number of aryl methyl sites for hydroxylation is 2. The van der Waals surface area contributed by atoms with Gasteiger partial charge in [-0.25, -0.2) is 0 Å². The zero-order valence-electron chi connectivity index (χ0n) is 12.2. The van der Waals surface area contributed by atoms with Crippen molar-refractivity contribution in [1.29, 1.82) is 0 Å². The van der Waals surface area contributed by atoms with E-state index >= 15 is 0 Å². The Balaban J connectivity index is 1.88. The first-order valence-electron chi connectivity index (χ1n) is 7.36. The maximum Gasteiger partial charge on any atom is 0.238 e. The summed E-state index contributed by atoms with van der Waals surface area (Å²) >= 11 is 0. The van der Waals surface area contributed by atoms with Crippen LogP contribution >= 0.6 is 0 Å². The summed E-state index contributed by atoms with van der Waals surface area (Å²) in [4.78, 5) is 14.2. The topological polar surface area (TPSA) is 41.6 Å². The number of hydrogen-bond acceptors (Lipinski definition) is 3. The van der Waals surface area contributed by atoms with E-state index in [-0.39, 0.29) is 18.1 Å². The summed E-state index contributed by atoms with van der Waals surface area (Å²) in [5.41, 5.74) is 3.69. The molecule has 2 atom stereocenters. The molecule has 2 aliphatic heterocycles. The molecule has 0 saturated carbocycles. The minimum atomic E-state index is -0.00481. The van der Waals surface area contributed by atoms with Gasteiger partial charge in [-0.15, -0.1) is 0 Å². The number of carbonyl (C=O) groups is 1. The molecule has 1 aromatic rings. The second kappa shape index (κ2) is 5.54. The number of nitrogens with zero attached hydrogens (tertiary/aromatic N) is 1. The molecule has 2 unspecified atom stereocenters. The molecule has 2 saturated heterocycles. The van der Waals surface area contributed by atoms with E-state index in [4.69, 9.17) is 4.74 Å². The van der Waals surface area contributed by atoms with Crippen LogP contribution in [0.5, 0.6) is 0 Å². The normalized spacial score (nSPS) is 27.1. The van der Waals surface area contributed by atoms with Crippen LogP contribution in [0.25, 0.3) is 0 Å². The van der Waals surface area contributed by atoms with E-state index in [0.29, 0.717) is 13.2 Å². The van der Waals surface area contributed by atoms with Crippen LogP contribution in [-0.4, -0.2) is 36.6 Å². The third kappa shape index (κ3) is 2.45. The molecule has 4 nitrogen and oxygen atoms in total. The molecule has 0 spiro atoms. The Hall–Kier alpha value is -1.39.